The summed E-state index contributed by atoms with van der Waals surface area (Å²) in [5.41, 5.74) is 2.58. The van der Waals surface area contributed by atoms with Crippen LogP contribution >= 0.6 is 11.6 Å². The first kappa shape index (κ1) is 15.2. The smallest absolute Gasteiger partial charge is 0.306 e. The molecular formula is C17H13ClN2O3. The number of anilines is 1. The standard InChI is InChI=1S/C17H13ClN2O3/c18-11-6-7-13-12(8-11)16(10-4-2-1-3-5-10)19-14(9-15(21)22)17(23)20-13/h1-8,14H,9H2,(H,20,23)(H,21,22)/t14-/m1/s1. The van der Waals surface area contributed by atoms with Crippen molar-refractivity contribution >= 4 is 34.9 Å². The summed E-state index contributed by atoms with van der Waals surface area (Å²) in [6.07, 6.45) is -0.371. The molecule has 116 valence electrons. The minimum absolute atomic E-state index is 0.371. The molecule has 1 aliphatic rings. The molecule has 23 heavy (non-hydrogen) atoms. The summed E-state index contributed by atoms with van der Waals surface area (Å²) in [6.45, 7) is 0. The van der Waals surface area contributed by atoms with E-state index in [1.54, 1.807) is 18.2 Å². The Morgan fingerprint density at radius 3 is 2.65 bits per heavy atom. The van der Waals surface area contributed by atoms with Gasteiger partial charge in [-0.15, -0.1) is 0 Å². The van der Waals surface area contributed by atoms with Crippen LogP contribution in [0.1, 0.15) is 17.5 Å². The molecule has 0 saturated carbocycles. The molecule has 1 amide bonds. The summed E-state index contributed by atoms with van der Waals surface area (Å²) >= 11 is 6.08. The summed E-state index contributed by atoms with van der Waals surface area (Å²) in [6, 6.07) is 13.4. The first-order valence-electron chi connectivity index (χ1n) is 7.00. The van der Waals surface area contributed by atoms with Crippen LogP contribution in [0.5, 0.6) is 0 Å². The van der Waals surface area contributed by atoms with Crippen LogP contribution in [0.3, 0.4) is 0 Å². The van der Waals surface area contributed by atoms with E-state index in [-0.39, 0.29) is 6.42 Å². The number of amides is 1. The van der Waals surface area contributed by atoms with Gasteiger partial charge in [-0.25, -0.2) is 0 Å². The Morgan fingerprint density at radius 1 is 1.22 bits per heavy atom. The van der Waals surface area contributed by atoms with E-state index < -0.39 is 17.9 Å². The highest BCUT2D eigenvalue weighted by atomic mass is 35.5. The number of fused-ring (bicyclic) bond motifs is 1. The zero-order valence-electron chi connectivity index (χ0n) is 12.0. The molecule has 6 heteroatoms. The van der Waals surface area contributed by atoms with E-state index in [1.165, 1.54) is 0 Å². The molecule has 1 heterocycles. The maximum Gasteiger partial charge on any atom is 0.306 e. The van der Waals surface area contributed by atoms with Crippen molar-refractivity contribution in [1.29, 1.82) is 0 Å². The lowest BCUT2D eigenvalue weighted by Gasteiger charge is -2.10. The Bertz CT molecular complexity index is 803. The zero-order valence-corrected chi connectivity index (χ0v) is 12.7. The second-order valence-electron chi connectivity index (χ2n) is 5.14. The van der Waals surface area contributed by atoms with Gasteiger partial charge in [-0.1, -0.05) is 41.9 Å². The number of hydrogen-bond acceptors (Lipinski definition) is 3. The molecule has 0 fully saturated rings. The molecular weight excluding hydrogens is 316 g/mol. The maximum absolute atomic E-state index is 12.3. The number of aliphatic imine (C=N–C) groups is 1. The van der Waals surface area contributed by atoms with Crippen molar-refractivity contribution in [1.82, 2.24) is 0 Å². The van der Waals surface area contributed by atoms with Gasteiger partial charge in [-0.2, -0.15) is 0 Å². The molecule has 2 aromatic carbocycles. The van der Waals surface area contributed by atoms with Crippen molar-refractivity contribution in [3.63, 3.8) is 0 Å². The van der Waals surface area contributed by atoms with E-state index in [1.807, 2.05) is 30.3 Å². The number of aliphatic carboxylic acids is 1. The van der Waals surface area contributed by atoms with E-state index in [0.29, 0.717) is 22.0 Å². The molecule has 0 spiro atoms. The highest BCUT2D eigenvalue weighted by Crippen LogP contribution is 2.27. The quantitative estimate of drug-likeness (QED) is 0.909. The Kier molecular flexibility index (Phi) is 4.12. The Hall–Kier alpha value is -2.66. The first-order valence-corrected chi connectivity index (χ1v) is 7.38. The molecule has 0 aliphatic carbocycles. The summed E-state index contributed by atoms with van der Waals surface area (Å²) in [7, 11) is 0. The lowest BCUT2D eigenvalue weighted by molar-refractivity contribution is -0.138. The van der Waals surface area contributed by atoms with E-state index in [2.05, 4.69) is 10.3 Å². The average Bonchev–Trinajstić information content (AvgIpc) is 2.65. The summed E-state index contributed by atoms with van der Waals surface area (Å²) < 4.78 is 0. The van der Waals surface area contributed by atoms with Crippen LogP contribution in [-0.4, -0.2) is 28.7 Å². The lowest BCUT2D eigenvalue weighted by atomic mass is 10.0. The van der Waals surface area contributed by atoms with Crippen LogP contribution in [0.25, 0.3) is 0 Å². The van der Waals surface area contributed by atoms with Crippen molar-refractivity contribution in [3.05, 3.63) is 64.7 Å². The topological polar surface area (TPSA) is 78.8 Å². The predicted molar refractivity (Wildman–Crippen MR) is 88.2 cm³/mol. The number of carboxylic acids is 1. The number of carbonyl (C=O) groups is 2. The van der Waals surface area contributed by atoms with Crippen LogP contribution in [0, 0.1) is 0 Å². The number of benzodiazepines with no additional fused rings is 1. The summed E-state index contributed by atoms with van der Waals surface area (Å²) in [4.78, 5) is 27.7. The van der Waals surface area contributed by atoms with Gasteiger partial charge < -0.3 is 10.4 Å². The fourth-order valence-electron chi connectivity index (χ4n) is 2.45. The Labute approximate surface area is 137 Å². The number of carboxylic acid groups (broad SMARTS) is 1. The lowest BCUT2D eigenvalue weighted by Crippen LogP contribution is -2.27. The molecule has 0 bridgehead atoms. The normalized spacial score (nSPS) is 16.8. The van der Waals surface area contributed by atoms with Crippen LogP contribution < -0.4 is 5.32 Å². The number of nitrogens with one attached hydrogen (secondary N) is 1. The predicted octanol–water partition coefficient (Wildman–Crippen LogP) is 2.97. The molecule has 2 aromatic rings. The van der Waals surface area contributed by atoms with Crippen LogP contribution in [-0.2, 0) is 9.59 Å². The number of nitrogens with zero attached hydrogens (tertiary/aromatic N) is 1. The van der Waals surface area contributed by atoms with Crippen LogP contribution in [0.4, 0.5) is 5.69 Å². The SMILES string of the molecule is O=C(O)C[C@H]1N=C(c2ccccc2)c2cc(Cl)ccc2NC1=O. The summed E-state index contributed by atoms with van der Waals surface area (Å²) in [5.74, 6) is -1.52. The largest absolute Gasteiger partial charge is 0.481 e. The molecule has 1 aliphatic heterocycles. The number of halogens is 1. The number of carbonyl (C=O) groups excluding carboxylic acids is 1. The van der Waals surface area contributed by atoms with Crippen LogP contribution in [0.2, 0.25) is 5.02 Å². The van der Waals surface area contributed by atoms with Gasteiger partial charge in [0.05, 0.1) is 17.8 Å². The highest BCUT2D eigenvalue weighted by molar-refractivity contribution is 6.32. The van der Waals surface area contributed by atoms with E-state index in [0.717, 1.165) is 5.56 Å². The second-order valence-corrected chi connectivity index (χ2v) is 5.57. The van der Waals surface area contributed by atoms with Crippen molar-refractivity contribution in [2.45, 2.75) is 12.5 Å². The fraction of sp³-hybridized carbons (Fsp3) is 0.118. The fourth-order valence-corrected chi connectivity index (χ4v) is 2.62. The minimum atomic E-state index is -1.08. The average molecular weight is 329 g/mol. The molecule has 0 saturated heterocycles. The molecule has 0 radical (unpaired) electrons. The third-order valence-electron chi connectivity index (χ3n) is 3.50. The second kappa shape index (κ2) is 6.22. The zero-order chi connectivity index (χ0) is 16.4. The van der Waals surface area contributed by atoms with E-state index >= 15 is 0 Å². The minimum Gasteiger partial charge on any atom is -0.481 e. The van der Waals surface area contributed by atoms with Gasteiger partial charge >= 0.3 is 5.97 Å². The van der Waals surface area contributed by atoms with Crippen LogP contribution in [0.15, 0.2) is 53.5 Å². The number of rotatable bonds is 3. The van der Waals surface area contributed by atoms with Gasteiger partial charge in [0.25, 0.3) is 0 Å². The molecule has 2 N–H and O–H groups in total. The van der Waals surface area contributed by atoms with Crippen molar-refractivity contribution in [2.24, 2.45) is 4.99 Å². The van der Waals surface area contributed by atoms with Gasteiger partial charge in [0, 0.05) is 16.1 Å². The molecule has 0 unspecified atom stereocenters. The Balaban J connectivity index is 2.18. The summed E-state index contributed by atoms with van der Waals surface area (Å²) in [5, 5.41) is 12.3. The van der Waals surface area contributed by atoms with E-state index in [9.17, 15) is 9.59 Å². The van der Waals surface area contributed by atoms with E-state index in [4.69, 9.17) is 16.7 Å². The number of hydrogen-bond donors (Lipinski definition) is 2. The third-order valence-corrected chi connectivity index (χ3v) is 3.73. The Morgan fingerprint density at radius 2 is 1.96 bits per heavy atom. The maximum atomic E-state index is 12.3. The molecule has 5 nitrogen and oxygen atoms in total. The molecule has 3 rings (SSSR count). The number of benzene rings is 2. The highest BCUT2D eigenvalue weighted by Gasteiger charge is 2.27. The monoisotopic (exact) mass is 328 g/mol. The third kappa shape index (κ3) is 3.24. The van der Waals surface area contributed by atoms with Gasteiger partial charge in [-0.3, -0.25) is 14.6 Å². The molecule has 0 aromatic heterocycles. The van der Waals surface area contributed by atoms with Gasteiger partial charge in [-0.05, 0) is 18.2 Å². The van der Waals surface area contributed by atoms with Gasteiger partial charge in [0.2, 0.25) is 5.91 Å². The molecule has 1 atom stereocenters. The van der Waals surface area contributed by atoms with Crippen molar-refractivity contribution < 1.29 is 14.7 Å². The van der Waals surface area contributed by atoms with Gasteiger partial charge in [0.15, 0.2) is 0 Å². The first-order chi connectivity index (χ1) is 11.0. The van der Waals surface area contributed by atoms with Crippen molar-refractivity contribution in [3.8, 4) is 0 Å². The van der Waals surface area contributed by atoms with Gasteiger partial charge in [0.1, 0.15) is 6.04 Å². The van der Waals surface area contributed by atoms with Crippen molar-refractivity contribution in [2.75, 3.05) is 5.32 Å².